The number of nitrogens with zero attached hydrogens (tertiary/aromatic N) is 4. The number of piperazine rings is 1. The number of hydrogen-bond acceptors (Lipinski definition) is 5. The van der Waals surface area contributed by atoms with Crippen molar-refractivity contribution in [1.29, 1.82) is 0 Å². The van der Waals surface area contributed by atoms with Crippen LogP contribution in [0, 0.1) is 0 Å². The van der Waals surface area contributed by atoms with Gasteiger partial charge in [-0.25, -0.2) is 4.98 Å². The molecule has 3 rings (SSSR count). The maximum atomic E-state index is 4.47. The van der Waals surface area contributed by atoms with Crippen LogP contribution < -0.4 is 10.6 Å². The highest BCUT2D eigenvalue weighted by Gasteiger charge is 2.16. The molecule has 2 aromatic rings. The molecule has 0 amide bonds. The highest BCUT2D eigenvalue weighted by molar-refractivity contribution is 7.11. The summed E-state index contributed by atoms with van der Waals surface area (Å²) in [7, 11) is 1.83. The van der Waals surface area contributed by atoms with Crippen LogP contribution in [0.15, 0.2) is 41.5 Å². The van der Waals surface area contributed by atoms with E-state index >= 15 is 0 Å². The minimum atomic E-state index is 0.861. The zero-order valence-electron chi connectivity index (χ0n) is 18.4. The molecule has 2 heterocycles. The lowest BCUT2D eigenvalue weighted by molar-refractivity contribution is 0.126. The zero-order valence-corrected chi connectivity index (χ0v) is 19.3. The quantitative estimate of drug-likeness (QED) is 0.346. The van der Waals surface area contributed by atoms with Crippen molar-refractivity contribution in [1.82, 2.24) is 25.4 Å². The van der Waals surface area contributed by atoms with Crippen molar-refractivity contribution in [3.63, 3.8) is 0 Å². The van der Waals surface area contributed by atoms with Gasteiger partial charge in [0.25, 0.3) is 0 Å². The first kappa shape index (κ1) is 22.7. The van der Waals surface area contributed by atoms with Crippen molar-refractivity contribution >= 4 is 17.3 Å². The number of aryl methyl sites for hydroxylation is 1. The van der Waals surface area contributed by atoms with Crippen LogP contribution in [-0.2, 0) is 19.4 Å². The van der Waals surface area contributed by atoms with Gasteiger partial charge < -0.3 is 15.5 Å². The van der Waals surface area contributed by atoms with E-state index in [0.717, 1.165) is 77.6 Å². The Labute approximate surface area is 185 Å². The Kier molecular flexibility index (Phi) is 9.60. The third-order valence-corrected chi connectivity index (χ3v) is 6.66. The number of hydrogen-bond donors (Lipinski definition) is 2. The van der Waals surface area contributed by atoms with Gasteiger partial charge in [-0.15, -0.1) is 11.3 Å². The van der Waals surface area contributed by atoms with Gasteiger partial charge in [-0.05, 0) is 24.9 Å². The van der Waals surface area contributed by atoms with Gasteiger partial charge in [0.15, 0.2) is 5.96 Å². The van der Waals surface area contributed by atoms with Crippen LogP contribution in [0.3, 0.4) is 0 Å². The Morgan fingerprint density at radius 3 is 2.50 bits per heavy atom. The Morgan fingerprint density at radius 2 is 1.80 bits per heavy atom. The average Bonchev–Trinajstić information content (AvgIpc) is 3.25. The predicted molar refractivity (Wildman–Crippen MR) is 127 cm³/mol. The molecule has 6 nitrogen and oxygen atoms in total. The van der Waals surface area contributed by atoms with Crippen LogP contribution in [0.2, 0.25) is 0 Å². The summed E-state index contributed by atoms with van der Waals surface area (Å²) in [6, 6.07) is 10.8. The topological polar surface area (TPSA) is 55.8 Å². The Morgan fingerprint density at radius 1 is 1.07 bits per heavy atom. The molecule has 2 N–H and O–H groups in total. The summed E-state index contributed by atoms with van der Waals surface area (Å²) in [5.41, 5.74) is 1.41. The summed E-state index contributed by atoms with van der Waals surface area (Å²) in [6.45, 7) is 10.8. The number of rotatable bonds is 10. The molecule has 0 aliphatic carbocycles. The van der Waals surface area contributed by atoms with E-state index in [1.807, 2.05) is 24.6 Å². The molecule has 1 saturated heterocycles. The predicted octanol–water partition coefficient (Wildman–Crippen LogP) is 2.62. The van der Waals surface area contributed by atoms with Crippen LogP contribution in [0.4, 0.5) is 0 Å². The van der Waals surface area contributed by atoms with E-state index in [1.165, 1.54) is 15.4 Å². The first-order chi connectivity index (χ1) is 14.8. The fourth-order valence-corrected chi connectivity index (χ4v) is 4.52. The molecule has 0 spiro atoms. The maximum absolute atomic E-state index is 4.47. The lowest BCUT2D eigenvalue weighted by Crippen LogP contribution is -2.46. The summed E-state index contributed by atoms with van der Waals surface area (Å²) >= 11 is 1.81. The van der Waals surface area contributed by atoms with E-state index in [0.29, 0.717) is 0 Å². The second-order valence-electron chi connectivity index (χ2n) is 7.71. The number of thiazole rings is 1. The first-order valence-corrected chi connectivity index (χ1v) is 11.9. The van der Waals surface area contributed by atoms with Crippen LogP contribution in [-0.4, -0.2) is 73.6 Å². The van der Waals surface area contributed by atoms with Gasteiger partial charge >= 0.3 is 0 Å². The highest BCUT2D eigenvalue weighted by Crippen LogP contribution is 2.13. The van der Waals surface area contributed by atoms with Gasteiger partial charge in [-0.1, -0.05) is 37.3 Å². The third kappa shape index (κ3) is 7.70. The van der Waals surface area contributed by atoms with Crippen molar-refractivity contribution in [3.8, 4) is 0 Å². The van der Waals surface area contributed by atoms with Gasteiger partial charge in [0.1, 0.15) is 0 Å². The smallest absolute Gasteiger partial charge is 0.190 e. The fraction of sp³-hybridized carbons (Fsp3) is 0.565. The summed E-state index contributed by atoms with van der Waals surface area (Å²) in [5, 5.41) is 8.03. The van der Waals surface area contributed by atoms with Crippen LogP contribution in [0.5, 0.6) is 0 Å². The molecule has 1 aromatic carbocycles. The fourth-order valence-electron chi connectivity index (χ4n) is 3.66. The van der Waals surface area contributed by atoms with Crippen LogP contribution >= 0.6 is 11.3 Å². The second-order valence-corrected chi connectivity index (χ2v) is 8.91. The van der Waals surface area contributed by atoms with E-state index in [4.69, 9.17) is 0 Å². The number of guanidine groups is 1. The molecule has 0 radical (unpaired) electrons. The third-order valence-electron chi connectivity index (χ3n) is 5.46. The van der Waals surface area contributed by atoms with Crippen molar-refractivity contribution in [2.45, 2.75) is 32.7 Å². The van der Waals surface area contributed by atoms with E-state index in [9.17, 15) is 0 Å². The normalized spacial score (nSPS) is 16.0. The molecular weight excluding hydrogens is 392 g/mol. The van der Waals surface area contributed by atoms with E-state index in [-0.39, 0.29) is 0 Å². The van der Waals surface area contributed by atoms with Gasteiger partial charge in [-0.2, -0.15) is 0 Å². The average molecular weight is 429 g/mol. The van der Waals surface area contributed by atoms with Crippen LogP contribution in [0.25, 0.3) is 0 Å². The zero-order chi connectivity index (χ0) is 21.0. The number of nitrogens with one attached hydrogen (secondary N) is 2. The molecule has 0 bridgehead atoms. The second kappa shape index (κ2) is 12.7. The van der Waals surface area contributed by atoms with Crippen molar-refractivity contribution in [2.24, 2.45) is 4.99 Å². The van der Waals surface area contributed by atoms with E-state index < -0.39 is 0 Å². The summed E-state index contributed by atoms with van der Waals surface area (Å²) < 4.78 is 0. The number of aromatic nitrogens is 1. The number of benzene rings is 1. The first-order valence-electron chi connectivity index (χ1n) is 11.1. The largest absolute Gasteiger partial charge is 0.356 e. The van der Waals surface area contributed by atoms with Gasteiger partial charge in [0.05, 0.1) is 5.01 Å². The van der Waals surface area contributed by atoms with Crippen molar-refractivity contribution in [3.05, 3.63) is 52.0 Å². The number of aliphatic imine (C=N–C) groups is 1. The van der Waals surface area contributed by atoms with Gasteiger partial charge in [0, 0.05) is 70.4 Å². The van der Waals surface area contributed by atoms with E-state index in [1.54, 1.807) is 0 Å². The Balaban J connectivity index is 1.24. The molecule has 0 atom stereocenters. The standard InChI is InChI=1S/C23H36N6S/c1-3-21-18-27-22(30-21)10-12-26-23(24-2)25-11-7-13-28-14-16-29(17-15-28)19-20-8-5-4-6-9-20/h4-6,8-9,18H,3,7,10-17,19H2,1-2H3,(H2,24,25,26). The molecular formula is C23H36N6S. The summed E-state index contributed by atoms with van der Waals surface area (Å²) in [5.74, 6) is 0.884. The molecule has 1 aliphatic heterocycles. The molecule has 0 unspecified atom stereocenters. The highest BCUT2D eigenvalue weighted by atomic mass is 32.1. The SMILES string of the molecule is CCc1cnc(CCNC(=NC)NCCCN2CCN(Cc3ccccc3)CC2)s1. The molecule has 164 valence electrons. The maximum Gasteiger partial charge on any atom is 0.190 e. The monoisotopic (exact) mass is 428 g/mol. The van der Waals surface area contributed by atoms with Gasteiger partial charge in [-0.3, -0.25) is 9.89 Å². The Hall–Kier alpha value is -1.96. The lowest BCUT2D eigenvalue weighted by Gasteiger charge is -2.34. The van der Waals surface area contributed by atoms with Crippen molar-refractivity contribution < 1.29 is 0 Å². The minimum absolute atomic E-state index is 0.861. The molecule has 1 aromatic heterocycles. The molecule has 0 saturated carbocycles. The molecule has 1 aliphatic rings. The Bertz CT molecular complexity index is 752. The lowest BCUT2D eigenvalue weighted by atomic mass is 10.2. The van der Waals surface area contributed by atoms with Crippen LogP contribution in [0.1, 0.15) is 28.8 Å². The molecule has 7 heteroatoms. The van der Waals surface area contributed by atoms with E-state index in [2.05, 4.69) is 67.7 Å². The summed E-state index contributed by atoms with van der Waals surface area (Å²) in [6.07, 6.45) is 5.13. The molecule has 30 heavy (non-hydrogen) atoms. The van der Waals surface area contributed by atoms with Crippen molar-refractivity contribution in [2.75, 3.05) is 52.9 Å². The summed E-state index contributed by atoms with van der Waals surface area (Å²) in [4.78, 5) is 15.3. The van der Waals surface area contributed by atoms with Gasteiger partial charge in [0.2, 0.25) is 0 Å². The minimum Gasteiger partial charge on any atom is -0.356 e. The molecule has 1 fully saturated rings.